The van der Waals surface area contributed by atoms with Crippen LogP contribution in [0.3, 0.4) is 0 Å². The molecule has 2 heteroatoms. The Labute approximate surface area is 102 Å². The Morgan fingerprint density at radius 2 is 1.76 bits per heavy atom. The molecule has 0 saturated heterocycles. The summed E-state index contributed by atoms with van der Waals surface area (Å²) < 4.78 is 0. The summed E-state index contributed by atoms with van der Waals surface area (Å²) >= 11 is 0. The Balaban J connectivity index is 2.41. The van der Waals surface area contributed by atoms with Crippen LogP contribution in [0.4, 0.5) is 0 Å². The fourth-order valence-electron chi connectivity index (χ4n) is 2.24. The molecule has 90 valence electrons. The average molecular weight is 230 g/mol. The highest BCUT2D eigenvalue weighted by Crippen LogP contribution is 2.28. The van der Waals surface area contributed by atoms with Crippen molar-refractivity contribution in [3.63, 3.8) is 0 Å². The summed E-state index contributed by atoms with van der Waals surface area (Å²) in [6.45, 7) is 2.03. The van der Waals surface area contributed by atoms with Gasteiger partial charge in [-0.05, 0) is 22.8 Å². The van der Waals surface area contributed by atoms with Crippen LogP contribution in [-0.4, -0.2) is 22.9 Å². The highest BCUT2D eigenvalue weighted by Gasteiger charge is 2.17. The van der Waals surface area contributed by atoms with Crippen LogP contribution < -0.4 is 0 Å². The predicted octanol–water partition coefficient (Wildman–Crippen LogP) is 2.69. The molecule has 17 heavy (non-hydrogen) atoms. The summed E-state index contributed by atoms with van der Waals surface area (Å²) in [5.74, 6) is 0.0354. The summed E-state index contributed by atoms with van der Waals surface area (Å²) in [4.78, 5) is 0. The van der Waals surface area contributed by atoms with Crippen LogP contribution in [0.1, 0.15) is 24.8 Å². The maximum atomic E-state index is 9.97. The van der Waals surface area contributed by atoms with Crippen LogP contribution in [0.2, 0.25) is 0 Å². The second kappa shape index (κ2) is 5.30. The van der Waals surface area contributed by atoms with E-state index in [1.54, 1.807) is 0 Å². The quantitative estimate of drug-likeness (QED) is 0.847. The molecule has 0 bridgehead atoms. The molecule has 0 aromatic heterocycles. The van der Waals surface area contributed by atoms with E-state index in [1.807, 2.05) is 31.2 Å². The number of benzene rings is 2. The van der Waals surface area contributed by atoms with Crippen LogP contribution in [0.5, 0.6) is 0 Å². The number of rotatable bonds is 4. The van der Waals surface area contributed by atoms with Gasteiger partial charge < -0.3 is 10.2 Å². The molecule has 0 fully saturated rings. The summed E-state index contributed by atoms with van der Waals surface area (Å²) in [5, 5.41) is 21.2. The lowest BCUT2D eigenvalue weighted by molar-refractivity contribution is 0.113. The molecule has 2 N–H and O–H groups in total. The Hall–Kier alpha value is -1.38. The van der Waals surface area contributed by atoms with Gasteiger partial charge in [0.05, 0.1) is 6.10 Å². The van der Waals surface area contributed by atoms with Gasteiger partial charge in [-0.3, -0.25) is 0 Å². The van der Waals surface area contributed by atoms with Crippen molar-refractivity contribution >= 4 is 10.8 Å². The molecule has 2 aromatic rings. The molecule has 0 aliphatic rings. The minimum absolute atomic E-state index is 0.0241. The van der Waals surface area contributed by atoms with Crippen molar-refractivity contribution in [2.75, 3.05) is 6.61 Å². The molecule has 2 atom stereocenters. The number of fused-ring (bicyclic) bond motifs is 1. The van der Waals surface area contributed by atoms with Gasteiger partial charge in [-0.1, -0.05) is 49.4 Å². The van der Waals surface area contributed by atoms with Gasteiger partial charge in [0.1, 0.15) is 0 Å². The first-order chi connectivity index (χ1) is 8.24. The first-order valence-electron chi connectivity index (χ1n) is 6.00. The molecule has 2 rings (SSSR count). The average Bonchev–Trinajstić information content (AvgIpc) is 2.37. The van der Waals surface area contributed by atoms with E-state index in [9.17, 15) is 5.11 Å². The third-order valence-electron chi connectivity index (χ3n) is 3.32. The molecule has 0 aliphatic carbocycles. The Morgan fingerprint density at radius 3 is 2.53 bits per heavy atom. The van der Waals surface area contributed by atoms with E-state index in [4.69, 9.17) is 5.11 Å². The zero-order valence-electron chi connectivity index (χ0n) is 10.0. The molecular formula is C15H18O2. The van der Waals surface area contributed by atoms with Crippen LogP contribution in [-0.2, 0) is 0 Å². The Kier molecular flexibility index (Phi) is 3.77. The summed E-state index contributed by atoms with van der Waals surface area (Å²) in [5.41, 5.74) is 1.14. The lowest BCUT2D eigenvalue weighted by atomic mass is 9.90. The molecule has 2 aromatic carbocycles. The van der Waals surface area contributed by atoms with Crippen LogP contribution in [0, 0.1) is 0 Å². The summed E-state index contributed by atoms with van der Waals surface area (Å²) in [6, 6.07) is 14.3. The van der Waals surface area contributed by atoms with Crippen molar-refractivity contribution in [1.82, 2.24) is 0 Å². The SMILES string of the molecule is C[C@H](c1cccc2ccccc12)[C@@H](O)CCO. The second-order valence-corrected chi connectivity index (χ2v) is 4.44. The maximum absolute atomic E-state index is 9.97. The molecule has 0 heterocycles. The molecule has 0 unspecified atom stereocenters. The monoisotopic (exact) mass is 230 g/mol. The van der Waals surface area contributed by atoms with E-state index in [2.05, 4.69) is 18.2 Å². The van der Waals surface area contributed by atoms with Gasteiger partial charge >= 0.3 is 0 Å². The van der Waals surface area contributed by atoms with E-state index < -0.39 is 6.10 Å². The van der Waals surface area contributed by atoms with Gasteiger partial charge in [0, 0.05) is 12.5 Å². The molecule has 0 saturated carbocycles. The van der Waals surface area contributed by atoms with E-state index in [1.165, 1.54) is 10.8 Å². The van der Waals surface area contributed by atoms with Crippen molar-refractivity contribution in [3.05, 3.63) is 48.0 Å². The molecule has 0 radical (unpaired) electrons. The Bertz CT molecular complexity index is 488. The van der Waals surface area contributed by atoms with E-state index in [0.717, 1.165) is 5.56 Å². The minimum atomic E-state index is -0.495. The number of aliphatic hydroxyl groups is 2. The van der Waals surface area contributed by atoms with Crippen LogP contribution in [0.25, 0.3) is 10.8 Å². The van der Waals surface area contributed by atoms with Gasteiger partial charge in [-0.2, -0.15) is 0 Å². The summed E-state index contributed by atoms with van der Waals surface area (Å²) in [7, 11) is 0. The topological polar surface area (TPSA) is 40.5 Å². The zero-order valence-corrected chi connectivity index (χ0v) is 10.0. The lowest BCUT2D eigenvalue weighted by Gasteiger charge is -2.20. The zero-order chi connectivity index (χ0) is 12.3. The highest BCUT2D eigenvalue weighted by atomic mass is 16.3. The molecule has 0 spiro atoms. The number of hydrogen-bond acceptors (Lipinski definition) is 2. The van der Waals surface area contributed by atoms with Crippen molar-refractivity contribution in [1.29, 1.82) is 0 Å². The molecule has 0 aliphatic heterocycles. The van der Waals surface area contributed by atoms with Crippen molar-refractivity contribution in [2.24, 2.45) is 0 Å². The van der Waals surface area contributed by atoms with Gasteiger partial charge in [0.25, 0.3) is 0 Å². The first kappa shape index (κ1) is 12.1. The second-order valence-electron chi connectivity index (χ2n) is 4.44. The van der Waals surface area contributed by atoms with Crippen LogP contribution in [0.15, 0.2) is 42.5 Å². The molecule has 2 nitrogen and oxygen atoms in total. The minimum Gasteiger partial charge on any atom is -0.396 e. The predicted molar refractivity (Wildman–Crippen MR) is 70.1 cm³/mol. The van der Waals surface area contributed by atoms with E-state index in [-0.39, 0.29) is 12.5 Å². The van der Waals surface area contributed by atoms with Gasteiger partial charge in [0.15, 0.2) is 0 Å². The fraction of sp³-hybridized carbons (Fsp3) is 0.333. The van der Waals surface area contributed by atoms with Crippen molar-refractivity contribution < 1.29 is 10.2 Å². The molecular weight excluding hydrogens is 212 g/mol. The van der Waals surface area contributed by atoms with Gasteiger partial charge in [-0.15, -0.1) is 0 Å². The van der Waals surface area contributed by atoms with Crippen LogP contribution >= 0.6 is 0 Å². The highest BCUT2D eigenvalue weighted by molar-refractivity contribution is 5.86. The van der Waals surface area contributed by atoms with Crippen molar-refractivity contribution in [3.8, 4) is 0 Å². The van der Waals surface area contributed by atoms with E-state index >= 15 is 0 Å². The third-order valence-corrected chi connectivity index (χ3v) is 3.32. The first-order valence-corrected chi connectivity index (χ1v) is 6.00. The molecule has 0 amide bonds. The smallest absolute Gasteiger partial charge is 0.0628 e. The normalized spacial score (nSPS) is 14.8. The summed E-state index contributed by atoms with van der Waals surface area (Å²) in [6.07, 6.45) is -0.0736. The Morgan fingerprint density at radius 1 is 1.06 bits per heavy atom. The van der Waals surface area contributed by atoms with E-state index in [0.29, 0.717) is 6.42 Å². The lowest BCUT2D eigenvalue weighted by Crippen LogP contribution is -2.17. The number of aliphatic hydroxyl groups excluding tert-OH is 2. The van der Waals surface area contributed by atoms with Gasteiger partial charge in [-0.25, -0.2) is 0 Å². The number of hydrogen-bond donors (Lipinski definition) is 2. The largest absolute Gasteiger partial charge is 0.396 e. The maximum Gasteiger partial charge on any atom is 0.0628 e. The fourth-order valence-corrected chi connectivity index (χ4v) is 2.24. The third kappa shape index (κ3) is 2.48. The van der Waals surface area contributed by atoms with Crippen molar-refractivity contribution in [2.45, 2.75) is 25.4 Å². The standard InChI is InChI=1S/C15H18O2/c1-11(15(17)9-10-16)13-8-4-6-12-5-2-3-7-14(12)13/h2-8,11,15-17H,9-10H2,1H3/t11-,15+/m1/s1. The van der Waals surface area contributed by atoms with Gasteiger partial charge in [0.2, 0.25) is 0 Å².